The molecule has 178 valence electrons. The molecule has 0 aromatic rings. The highest BCUT2D eigenvalue weighted by molar-refractivity contribution is 6.05. The lowest BCUT2D eigenvalue weighted by Gasteiger charge is -2.28. The van der Waals surface area contributed by atoms with Gasteiger partial charge in [-0.05, 0) is 46.5 Å². The fourth-order valence-electron chi connectivity index (χ4n) is 4.11. The Bertz CT molecular complexity index is 754. The van der Waals surface area contributed by atoms with Gasteiger partial charge in [-0.15, -0.1) is 0 Å². The molecular weight excluding hydrogens is 416 g/mol. The maximum Gasteiger partial charge on any atom is 0.337 e. The molecule has 0 spiro atoms. The number of carbonyl (C=O) groups excluding carboxylic acids is 4. The monoisotopic (exact) mass is 450 g/mol. The zero-order valence-electron chi connectivity index (χ0n) is 19.4. The first kappa shape index (κ1) is 25.4. The quantitative estimate of drug-likeness (QED) is 0.405. The normalized spacial score (nSPS) is 17.5. The van der Waals surface area contributed by atoms with Crippen molar-refractivity contribution in [3.05, 3.63) is 22.5 Å². The number of hydrogen-bond donors (Lipinski definition) is 2. The van der Waals surface area contributed by atoms with E-state index in [9.17, 15) is 19.2 Å². The number of amides is 1. The first-order chi connectivity index (χ1) is 15.3. The summed E-state index contributed by atoms with van der Waals surface area (Å²) in [6, 6.07) is 0. The van der Waals surface area contributed by atoms with E-state index in [0.29, 0.717) is 23.9 Å². The van der Waals surface area contributed by atoms with Crippen LogP contribution in [0.4, 0.5) is 0 Å². The molecule has 1 heterocycles. The van der Waals surface area contributed by atoms with E-state index >= 15 is 0 Å². The molecule has 2 rings (SSSR count). The van der Waals surface area contributed by atoms with Gasteiger partial charge in [0, 0.05) is 17.9 Å². The van der Waals surface area contributed by atoms with Crippen molar-refractivity contribution < 1.29 is 33.4 Å². The largest absolute Gasteiger partial charge is 0.463 e. The summed E-state index contributed by atoms with van der Waals surface area (Å²) in [6.45, 7) is 6.73. The number of dihydropyridines is 1. The van der Waals surface area contributed by atoms with Gasteiger partial charge in [-0.25, -0.2) is 9.59 Å². The van der Waals surface area contributed by atoms with E-state index in [-0.39, 0.29) is 24.4 Å². The van der Waals surface area contributed by atoms with Crippen LogP contribution in [0.3, 0.4) is 0 Å². The highest BCUT2D eigenvalue weighted by Gasteiger charge is 2.42. The third kappa shape index (κ3) is 6.58. The summed E-state index contributed by atoms with van der Waals surface area (Å²) < 4.78 is 15.4. The second-order valence-electron chi connectivity index (χ2n) is 7.99. The maximum absolute atomic E-state index is 13.0. The smallest absolute Gasteiger partial charge is 0.337 e. The van der Waals surface area contributed by atoms with Gasteiger partial charge in [0.05, 0.1) is 24.4 Å². The molecule has 9 heteroatoms. The fraction of sp³-hybridized carbons (Fsp3) is 0.652. The number of ether oxygens (including phenoxy) is 3. The summed E-state index contributed by atoms with van der Waals surface area (Å²) >= 11 is 0. The van der Waals surface area contributed by atoms with Crippen molar-refractivity contribution in [2.24, 2.45) is 11.8 Å². The van der Waals surface area contributed by atoms with Crippen molar-refractivity contribution in [3.63, 3.8) is 0 Å². The fourth-order valence-corrected chi connectivity index (χ4v) is 4.11. The van der Waals surface area contributed by atoms with Gasteiger partial charge in [-0.2, -0.15) is 0 Å². The van der Waals surface area contributed by atoms with Crippen LogP contribution in [0.1, 0.15) is 59.8 Å². The molecule has 0 aromatic carbocycles. The van der Waals surface area contributed by atoms with Gasteiger partial charge in [0.25, 0.3) is 5.91 Å². The van der Waals surface area contributed by atoms with E-state index in [0.717, 1.165) is 25.7 Å². The molecule has 32 heavy (non-hydrogen) atoms. The molecule has 0 bridgehead atoms. The van der Waals surface area contributed by atoms with Gasteiger partial charge >= 0.3 is 17.9 Å². The SMILES string of the molecule is CCOC(=O)C1=C(C)NC(C)=C(C(=O)OCC)C1C(=O)OCC(=O)NCC1CCCCC1. The summed E-state index contributed by atoms with van der Waals surface area (Å²) in [7, 11) is 0. The van der Waals surface area contributed by atoms with E-state index < -0.39 is 36.3 Å². The molecule has 1 fully saturated rings. The van der Waals surface area contributed by atoms with Crippen LogP contribution in [0, 0.1) is 11.8 Å². The van der Waals surface area contributed by atoms with Crippen molar-refractivity contribution in [3.8, 4) is 0 Å². The van der Waals surface area contributed by atoms with Gasteiger partial charge < -0.3 is 24.8 Å². The summed E-state index contributed by atoms with van der Waals surface area (Å²) in [5, 5.41) is 5.74. The van der Waals surface area contributed by atoms with Crippen molar-refractivity contribution in [2.75, 3.05) is 26.4 Å². The molecule has 0 unspecified atom stereocenters. The van der Waals surface area contributed by atoms with E-state index in [1.54, 1.807) is 27.7 Å². The lowest BCUT2D eigenvalue weighted by molar-refractivity contribution is -0.154. The van der Waals surface area contributed by atoms with Gasteiger partial charge in [-0.3, -0.25) is 9.59 Å². The predicted molar refractivity (Wildman–Crippen MR) is 116 cm³/mol. The molecular formula is C23H34N2O7. The van der Waals surface area contributed by atoms with Crippen LogP contribution in [0.15, 0.2) is 22.5 Å². The molecule has 0 atom stereocenters. The first-order valence-electron chi connectivity index (χ1n) is 11.3. The molecule has 2 N–H and O–H groups in total. The summed E-state index contributed by atoms with van der Waals surface area (Å²) in [6.07, 6.45) is 5.71. The van der Waals surface area contributed by atoms with Crippen LogP contribution < -0.4 is 10.6 Å². The molecule has 1 amide bonds. The van der Waals surface area contributed by atoms with E-state index in [1.165, 1.54) is 6.42 Å². The zero-order valence-corrected chi connectivity index (χ0v) is 19.4. The number of allylic oxidation sites excluding steroid dienone is 2. The Morgan fingerprint density at radius 3 is 1.91 bits per heavy atom. The van der Waals surface area contributed by atoms with Crippen LogP contribution in [0.2, 0.25) is 0 Å². The minimum atomic E-state index is -1.35. The van der Waals surface area contributed by atoms with Crippen LogP contribution in [0.5, 0.6) is 0 Å². The number of carbonyl (C=O) groups is 4. The topological polar surface area (TPSA) is 120 Å². The highest BCUT2D eigenvalue weighted by Crippen LogP contribution is 2.32. The Kier molecular flexibility index (Phi) is 9.74. The lowest BCUT2D eigenvalue weighted by Crippen LogP contribution is -2.40. The third-order valence-electron chi connectivity index (χ3n) is 5.64. The molecule has 0 aromatic heterocycles. The Morgan fingerprint density at radius 2 is 1.41 bits per heavy atom. The molecule has 1 aliphatic heterocycles. The Balaban J connectivity index is 2.13. The van der Waals surface area contributed by atoms with Gasteiger partial charge in [0.1, 0.15) is 5.92 Å². The molecule has 1 saturated carbocycles. The van der Waals surface area contributed by atoms with Crippen molar-refractivity contribution in [1.29, 1.82) is 0 Å². The molecule has 1 aliphatic carbocycles. The first-order valence-corrected chi connectivity index (χ1v) is 11.3. The Hall–Kier alpha value is -2.84. The zero-order chi connectivity index (χ0) is 23.7. The molecule has 2 aliphatic rings. The van der Waals surface area contributed by atoms with Crippen LogP contribution in [0.25, 0.3) is 0 Å². The Morgan fingerprint density at radius 1 is 0.875 bits per heavy atom. The van der Waals surface area contributed by atoms with Gasteiger partial charge in [0.15, 0.2) is 6.61 Å². The Labute approximate surface area is 188 Å². The molecule has 0 saturated heterocycles. The van der Waals surface area contributed by atoms with Crippen molar-refractivity contribution in [2.45, 2.75) is 59.8 Å². The average molecular weight is 451 g/mol. The van der Waals surface area contributed by atoms with Crippen molar-refractivity contribution >= 4 is 23.8 Å². The molecule has 0 radical (unpaired) electrons. The van der Waals surface area contributed by atoms with Crippen LogP contribution in [-0.4, -0.2) is 50.2 Å². The van der Waals surface area contributed by atoms with E-state index in [2.05, 4.69) is 10.6 Å². The van der Waals surface area contributed by atoms with Gasteiger partial charge in [-0.1, -0.05) is 19.3 Å². The lowest BCUT2D eigenvalue weighted by atomic mass is 9.85. The third-order valence-corrected chi connectivity index (χ3v) is 5.64. The number of esters is 3. The van der Waals surface area contributed by atoms with Crippen LogP contribution >= 0.6 is 0 Å². The number of rotatable bonds is 9. The maximum atomic E-state index is 13.0. The number of hydrogen-bond acceptors (Lipinski definition) is 8. The average Bonchev–Trinajstić information content (AvgIpc) is 2.76. The minimum absolute atomic E-state index is 0.0342. The second kappa shape index (κ2) is 12.3. The van der Waals surface area contributed by atoms with Gasteiger partial charge in [0.2, 0.25) is 0 Å². The summed E-state index contributed by atoms with van der Waals surface area (Å²) in [5.41, 5.74) is 0.677. The molecule has 9 nitrogen and oxygen atoms in total. The van der Waals surface area contributed by atoms with Crippen LogP contribution in [-0.2, 0) is 33.4 Å². The summed E-state index contributed by atoms with van der Waals surface area (Å²) in [4.78, 5) is 50.4. The summed E-state index contributed by atoms with van der Waals surface area (Å²) in [5.74, 6) is -3.69. The van der Waals surface area contributed by atoms with E-state index in [1.807, 2.05) is 0 Å². The second-order valence-corrected chi connectivity index (χ2v) is 7.99. The number of nitrogens with one attached hydrogen (secondary N) is 2. The minimum Gasteiger partial charge on any atom is -0.463 e. The highest BCUT2D eigenvalue weighted by atomic mass is 16.5. The van der Waals surface area contributed by atoms with Crippen molar-refractivity contribution in [1.82, 2.24) is 10.6 Å². The standard InChI is InChI=1S/C23H34N2O7/c1-5-30-21(27)18-14(3)25-15(4)19(22(28)31-6-2)20(18)23(29)32-13-17(26)24-12-16-10-8-7-9-11-16/h16,20,25H,5-13H2,1-4H3,(H,24,26). The predicted octanol–water partition coefficient (Wildman–Crippen LogP) is 2.12. The van der Waals surface area contributed by atoms with E-state index in [4.69, 9.17) is 14.2 Å².